The predicted octanol–water partition coefficient (Wildman–Crippen LogP) is 2.91. The van der Waals surface area contributed by atoms with E-state index in [2.05, 4.69) is 5.16 Å². The van der Waals surface area contributed by atoms with Gasteiger partial charge in [-0.25, -0.2) is 8.42 Å². The van der Waals surface area contributed by atoms with Gasteiger partial charge >= 0.3 is 0 Å². The Morgan fingerprint density at radius 1 is 1.03 bits per heavy atom. The highest BCUT2D eigenvalue weighted by Gasteiger charge is 2.30. The van der Waals surface area contributed by atoms with Crippen molar-refractivity contribution in [2.45, 2.75) is 31.6 Å². The highest BCUT2D eigenvalue weighted by Crippen LogP contribution is 2.23. The molecule has 0 saturated carbocycles. The molecule has 0 spiro atoms. The second kappa shape index (κ2) is 8.20. The number of piperazine rings is 1. The first-order chi connectivity index (χ1) is 14.4. The van der Waals surface area contributed by atoms with E-state index in [1.807, 2.05) is 44.2 Å². The first-order valence-corrected chi connectivity index (χ1v) is 11.5. The molecule has 1 fully saturated rings. The number of hydrogen-bond donors (Lipinski definition) is 0. The third-order valence-corrected chi connectivity index (χ3v) is 7.61. The molecule has 0 bridgehead atoms. The van der Waals surface area contributed by atoms with Crippen molar-refractivity contribution in [2.75, 3.05) is 26.2 Å². The van der Waals surface area contributed by atoms with Gasteiger partial charge in [0.15, 0.2) is 0 Å². The van der Waals surface area contributed by atoms with Crippen LogP contribution in [0.15, 0.2) is 51.9 Å². The molecule has 0 radical (unpaired) electrons. The van der Waals surface area contributed by atoms with Crippen LogP contribution >= 0.6 is 0 Å². The van der Waals surface area contributed by atoms with Gasteiger partial charge in [-0.15, -0.1) is 0 Å². The van der Waals surface area contributed by atoms with Crippen LogP contribution in [-0.4, -0.2) is 54.9 Å². The van der Waals surface area contributed by atoms with Crippen molar-refractivity contribution < 1.29 is 17.7 Å². The van der Waals surface area contributed by atoms with Crippen LogP contribution in [-0.2, 0) is 21.2 Å². The zero-order chi connectivity index (χ0) is 21.3. The van der Waals surface area contributed by atoms with Gasteiger partial charge in [0.2, 0.25) is 15.9 Å². The van der Waals surface area contributed by atoms with Gasteiger partial charge in [0.1, 0.15) is 5.76 Å². The van der Waals surface area contributed by atoms with Gasteiger partial charge in [-0.2, -0.15) is 4.31 Å². The molecule has 30 heavy (non-hydrogen) atoms. The summed E-state index contributed by atoms with van der Waals surface area (Å²) in [6.45, 7) is 5.10. The van der Waals surface area contributed by atoms with Gasteiger partial charge in [-0.1, -0.05) is 35.5 Å². The molecule has 7 nitrogen and oxygen atoms in total. The van der Waals surface area contributed by atoms with Gasteiger partial charge in [-0.05, 0) is 43.2 Å². The van der Waals surface area contributed by atoms with Crippen LogP contribution in [0.1, 0.15) is 23.4 Å². The topological polar surface area (TPSA) is 83.7 Å². The fraction of sp³-hybridized carbons (Fsp3) is 0.364. The fourth-order valence-corrected chi connectivity index (χ4v) is 5.36. The number of hydrogen-bond acceptors (Lipinski definition) is 5. The number of amides is 1. The second-order valence-electron chi connectivity index (χ2n) is 7.60. The number of aryl methyl sites for hydroxylation is 2. The van der Waals surface area contributed by atoms with Crippen molar-refractivity contribution in [2.24, 2.45) is 0 Å². The molecule has 0 N–H and O–H groups in total. The maximum absolute atomic E-state index is 13.1. The zero-order valence-corrected chi connectivity index (χ0v) is 18.0. The van der Waals surface area contributed by atoms with Crippen LogP contribution < -0.4 is 0 Å². The monoisotopic (exact) mass is 427 g/mol. The molecule has 0 atom stereocenters. The number of aromatic nitrogens is 1. The molecule has 1 aliphatic heterocycles. The molecule has 8 heteroatoms. The van der Waals surface area contributed by atoms with Crippen LogP contribution in [0.2, 0.25) is 0 Å². The second-order valence-corrected chi connectivity index (χ2v) is 9.53. The van der Waals surface area contributed by atoms with Crippen molar-refractivity contribution in [3.8, 4) is 0 Å². The van der Waals surface area contributed by atoms with Gasteiger partial charge in [0, 0.05) is 38.2 Å². The van der Waals surface area contributed by atoms with Crippen LogP contribution in [0.3, 0.4) is 0 Å². The molecule has 158 valence electrons. The van der Waals surface area contributed by atoms with Gasteiger partial charge in [0.25, 0.3) is 0 Å². The molecule has 1 amide bonds. The third-order valence-electron chi connectivity index (χ3n) is 5.72. The average Bonchev–Trinajstić information content (AvgIpc) is 3.09. The molecular formula is C22H25N3O4S. The summed E-state index contributed by atoms with van der Waals surface area (Å²) >= 11 is 0. The Bertz CT molecular complexity index is 1160. The van der Waals surface area contributed by atoms with Crippen molar-refractivity contribution in [1.82, 2.24) is 14.4 Å². The smallest absolute Gasteiger partial charge is 0.243 e. The number of carbonyl (C=O) groups excluding carboxylic acids is 1. The highest BCUT2D eigenvalue weighted by molar-refractivity contribution is 7.89. The minimum Gasteiger partial charge on any atom is -0.361 e. The standard InChI is InChI=1S/C22H25N3O4S/c1-16-21(17(2)29-23-16)9-10-22(26)24-11-13-25(14-12-24)30(27,28)20-8-7-18-5-3-4-6-19(18)15-20/h3-8,15H,9-14H2,1-2H3. The van der Waals surface area contributed by atoms with E-state index in [4.69, 9.17) is 4.52 Å². The summed E-state index contributed by atoms with van der Waals surface area (Å²) in [5.41, 5.74) is 1.78. The molecule has 1 aliphatic rings. The molecule has 1 aromatic heterocycles. The number of rotatable bonds is 5. The first kappa shape index (κ1) is 20.6. The summed E-state index contributed by atoms with van der Waals surface area (Å²) in [5, 5.41) is 5.82. The van der Waals surface area contributed by atoms with Crippen molar-refractivity contribution in [3.05, 3.63) is 59.5 Å². The Hall–Kier alpha value is -2.71. The van der Waals surface area contributed by atoms with Crippen LogP contribution in [0.25, 0.3) is 10.8 Å². The number of benzene rings is 2. The molecule has 3 aromatic rings. The quantitative estimate of drug-likeness (QED) is 0.625. The summed E-state index contributed by atoms with van der Waals surface area (Å²) < 4.78 is 32.7. The molecule has 1 saturated heterocycles. The molecule has 0 unspecified atom stereocenters. The van der Waals surface area contributed by atoms with E-state index in [1.165, 1.54) is 4.31 Å². The maximum Gasteiger partial charge on any atom is 0.243 e. The van der Waals surface area contributed by atoms with Crippen molar-refractivity contribution in [3.63, 3.8) is 0 Å². The zero-order valence-electron chi connectivity index (χ0n) is 17.2. The maximum atomic E-state index is 13.1. The summed E-state index contributed by atoms with van der Waals surface area (Å²) in [6.07, 6.45) is 0.940. The lowest BCUT2D eigenvalue weighted by Gasteiger charge is -2.34. The van der Waals surface area contributed by atoms with E-state index < -0.39 is 10.0 Å². The van der Waals surface area contributed by atoms with Gasteiger partial charge in [0.05, 0.1) is 10.6 Å². The summed E-state index contributed by atoms with van der Waals surface area (Å²) in [7, 11) is -3.59. The minimum absolute atomic E-state index is 0.0257. The lowest BCUT2D eigenvalue weighted by molar-refractivity contribution is -0.132. The minimum atomic E-state index is -3.59. The summed E-state index contributed by atoms with van der Waals surface area (Å²) in [6, 6.07) is 12.9. The van der Waals surface area contributed by atoms with Crippen LogP contribution in [0.4, 0.5) is 0 Å². The fourth-order valence-electron chi connectivity index (χ4n) is 3.90. The van der Waals surface area contributed by atoms with Crippen molar-refractivity contribution in [1.29, 1.82) is 0 Å². The number of nitrogens with zero attached hydrogens (tertiary/aromatic N) is 3. The molecule has 4 rings (SSSR count). The highest BCUT2D eigenvalue weighted by atomic mass is 32.2. The normalized spacial score (nSPS) is 15.6. The first-order valence-electron chi connectivity index (χ1n) is 10.0. The number of sulfonamides is 1. The van der Waals surface area contributed by atoms with Gasteiger partial charge in [-0.3, -0.25) is 4.79 Å². The van der Waals surface area contributed by atoms with E-state index in [9.17, 15) is 13.2 Å². The summed E-state index contributed by atoms with van der Waals surface area (Å²) in [4.78, 5) is 14.6. The predicted molar refractivity (Wildman–Crippen MR) is 114 cm³/mol. The van der Waals surface area contributed by atoms with Gasteiger partial charge < -0.3 is 9.42 Å². The van der Waals surface area contributed by atoms with E-state index in [-0.39, 0.29) is 5.91 Å². The Balaban J connectivity index is 1.38. The summed E-state index contributed by atoms with van der Waals surface area (Å²) in [5.74, 6) is 0.768. The molecule has 0 aliphatic carbocycles. The van der Waals surface area contributed by atoms with E-state index >= 15 is 0 Å². The molecule has 2 heterocycles. The Morgan fingerprint density at radius 3 is 2.40 bits per heavy atom. The number of carbonyl (C=O) groups is 1. The number of fused-ring (bicyclic) bond motifs is 1. The Morgan fingerprint density at radius 2 is 1.73 bits per heavy atom. The lowest BCUT2D eigenvalue weighted by atomic mass is 10.1. The van der Waals surface area contributed by atoms with E-state index in [0.29, 0.717) is 43.9 Å². The lowest BCUT2D eigenvalue weighted by Crippen LogP contribution is -2.50. The Kier molecular flexibility index (Phi) is 5.62. The SMILES string of the molecule is Cc1noc(C)c1CCC(=O)N1CCN(S(=O)(=O)c2ccc3ccccc3c2)CC1. The van der Waals surface area contributed by atoms with Crippen molar-refractivity contribution >= 4 is 26.7 Å². The Labute approximate surface area is 176 Å². The van der Waals surface area contributed by atoms with E-state index in [0.717, 1.165) is 27.8 Å². The largest absolute Gasteiger partial charge is 0.361 e. The molecular weight excluding hydrogens is 402 g/mol. The third kappa shape index (κ3) is 3.97. The van der Waals surface area contributed by atoms with E-state index in [1.54, 1.807) is 17.0 Å². The van der Waals surface area contributed by atoms with Crippen LogP contribution in [0.5, 0.6) is 0 Å². The molecule has 2 aromatic carbocycles. The van der Waals surface area contributed by atoms with Crippen LogP contribution in [0, 0.1) is 13.8 Å². The average molecular weight is 428 g/mol.